The summed E-state index contributed by atoms with van der Waals surface area (Å²) in [7, 11) is 0. The third kappa shape index (κ3) is 2.35. The summed E-state index contributed by atoms with van der Waals surface area (Å²) in [4.78, 5) is 24.1. The fourth-order valence-electron chi connectivity index (χ4n) is 1.80. The van der Waals surface area contributed by atoms with Crippen LogP contribution < -0.4 is 0 Å². The maximum atomic E-state index is 12.3. The number of hydrogen-bond donors (Lipinski definition) is 2. The first-order valence-corrected chi connectivity index (χ1v) is 5.71. The Balaban J connectivity index is 3.30. The SMILES string of the molecule is CC(C)(C)C(O)(C(=O)CO)C(=O)c1ccccc1. The van der Waals surface area contributed by atoms with E-state index >= 15 is 0 Å². The molecule has 0 aromatic heterocycles. The Morgan fingerprint density at radius 1 is 1.11 bits per heavy atom. The van der Waals surface area contributed by atoms with Gasteiger partial charge in [0.15, 0.2) is 11.4 Å². The van der Waals surface area contributed by atoms with Crippen LogP contribution in [0.2, 0.25) is 0 Å². The molecule has 4 heteroatoms. The lowest BCUT2D eigenvalue weighted by Gasteiger charge is -2.37. The first kappa shape index (κ1) is 14.5. The van der Waals surface area contributed by atoms with Crippen molar-refractivity contribution in [2.45, 2.75) is 26.4 Å². The molecule has 0 saturated heterocycles. The number of hydrogen-bond acceptors (Lipinski definition) is 4. The maximum Gasteiger partial charge on any atom is 0.202 e. The smallest absolute Gasteiger partial charge is 0.202 e. The molecule has 98 valence electrons. The lowest BCUT2D eigenvalue weighted by atomic mass is 9.70. The van der Waals surface area contributed by atoms with Gasteiger partial charge in [0.1, 0.15) is 6.61 Å². The van der Waals surface area contributed by atoms with Gasteiger partial charge in [0, 0.05) is 11.0 Å². The number of rotatable bonds is 4. The average molecular weight is 250 g/mol. The first-order valence-electron chi connectivity index (χ1n) is 5.71. The molecule has 0 amide bonds. The minimum atomic E-state index is -2.22. The number of carbonyl (C=O) groups is 2. The predicted octanol–water partition coefficient (Wildman–Crippen LogP) is 1.21. The highest BCUT2D eigenvalue weighted by Gasteiger charge is 2.52. The van der Waals surface area contributed by atoms with Crippen molar-refractivity contribution in [3.63, 3.8) is 0 Å². The molecule has 0 aliphatic carbocycles. The van der Waals surface area contributed by atoms with Crippen LogP contribution in [0.5, 0.6) is 0 Å². The molecule has 0 saturated carbocycles. The molecule has 1 rings (SSSR count). The molecule has 0 aliphatic rings. The van der Waals surface area contributed by atoms with Gasteiger partial charge in [-0.15, -0.1) is 0 Å². The van der Waals surface area contributed by atoms with Crippen LogP contribution in [0.4, 0.5) is 0 Å². The molecule has 1 aromatic rings. The van der Waals surface area contributed by atoms with Crippen LogP contribution >= 0.6 is 0 Å². The number of Topliss-reactive ketones (excluding diaryl/α,β-unsaturated/α-hetero) is 2. The fourth-order valence-corrected chi connectivity index (χ4v) is 1.80. The van der Waals surface area contributed by atoms with Crippen molar-refractivity contribution in [3.05, 3.63) is 35.9 Å². The molecule has 4 nitrogen and oxygen atoms in total. The average Bonchev–Trinajstić information content (AvgIpc) is 2.35. The van der Waals surface area contributed by atoms with E-state index < -0.39 is 29.2 Å². The zero-order valence-electron chi connectivity index (χ0n) is 10.8. The zero-order chi connectivity index (χ0) is 14.0. The number of aliphatic hydroxyl groups excluding tert-OH is 1. The van der Waals surface area contributed by atoms with Gasteiger partial charge < -0.3 is 10.2 Å². The van der Waals surface area contributed by atoms with Crippen LogP contribution in [0.1, 0.15) is 31.1 Å². The molecule has 2 N–H and O–H groups in total. The van der Waals surface area contributed by atoms with Crippen LogP contribution in [0.25, 0.3) is 0 Å². The van der Waals surface area contributed by atoms with E-state index in [9.17, 15) is 14.7 Å². The normalized spacial score (nSPS) is 14.9. The molecule has 1 atom stereocenters. The topological polar surface area (TPSA) is 74.6 Å². The summed E-state index contributed by atoms with van der Waals surface area (Å²) >= 11 is 0. The summed E-state index contributed by atoms with van der Waals surface area (Å²) in [6.07, 6.45) is 0. The number of ketones is 2. The van der Waals surface area contributed by atoms with E-state index in [0.29, 0.717) is 0 Å². The van der Waals surface area contributed by atoms with Gasteiger partial charge >= 0.3 is 0 Å². The minimum absolute atomic E-state index is 0.247. The number of carbonyl (C=O) groups excluding carboxylic acids is 2. The molecule has 0 radical (unpaired) electrons. The minimum Gasteiger partial charge on any atom is -0.388 e. The Labute approximate surface area is 106 Å². The van der Waals surface area contributed by atoms with E-state index in [-0.39, 0.29) is 5.56 Å². The van der Waals surface area contributed by atoms with Gasteiger partial charge in [0.05, 0.1) is 0 Å². The van der Waals surface area contributed by atoms with Crippen LogP contribution in [0.3, 0.4) is 0 Å². The van der Waals surface area contributed by atoms with Crippen molar-refractivity contribution in [2.24, 2.45) is 5.41 Å². The fraction of sp³-hybridized carbons (Fsp3) is 0.429. The second-order valence-electron chi connectivity index (χ2n) is 5.24. The molecule has 18 heavy (non-hydrogen) atoms. The molecule has 0 bridgehead atoms. The lowest BCUT2D eigenvalue weighted by Crippen LogP contribution is -2.57. The van der Waals surface area contributed by atoms with Crippen molar-refractivity contribution in [1.82, 2.24) is 0 Å². The highest BCUT2D eigenvalue weighted by atomic mass is 16.3. The van der Waals surface area contributed by atoms with Crippen molar-refractivity contribution in [2.75, 3.05) is 6.61 Å². The van der Waals surface area contributed by atoms with Gasteiger partial charge in [-0.3, -0.25) is 9.59 Å². The Morgan fingerprint density at radius 3 is 2.00 bits per heavy atom. The molecular formula is C14H18O4. The Bertz CT molecular complexity index is 445. The summed E-state index contributed by atoms with van der Waals surface area (Å²) in [6, 6.07) is 8.10. The molecule has 1 aromatic carbocycles. The van der Waals surface area contributed by atoms with Gasteiger partial charge in [-0.25, -0.2) is 0 Å². The van der Waals surface area contributed by atoms with E-state index in [1.165, 1.54) is 12.1 Å². The summed E-state index contributed by atoms with van der Waals surface area (Å²) in [5.41, 5.74) is -2.97. The molecule has 0 heterocycles. The molecule has 1 unspecified atom stereocenters. The Morgan fingerprint density at radius 2 is 1.61 bits per heavy atom. The van der Waals surface area contributed by atoms with Crippen LogP contribution in [0.15, 0.2) is 30.3 Å². The van der Waals surface area contributed by atoms with Crippen molar-refractivity contribution in [3.8, 4) is 0 Å². The maximum absolute atomic E-state index is 12.3. The molecule has 0 spiro atoms. The lowest BCUT2D eigenvalue weighted by molar-refractivity contribution is -0.144. The molecule has 0 fully saturated rings. The van der Waals surface area contributed by atoms with Crippen molar-refractivity contribution in [1.29, 1.82) is 0 Å². The highest BCUT2D eigenvalue weighted by molar-refractivity contribution is 6.18. The highest BCUT2D eigenvalue weighted by Crippen LogP contribution is 2.34. The summed E-state index contributed by atoms with van der Waals surface area (Å²) in [6.45, 7) is 3.89. The third-order valence-electron chi connectivity index (χ3n) is 3.00. The summed E-state index contributed by atoms with van der Waals surface area (Å²) in [5, 5.41) is 19.4. The quantitative estimate of drug-likeness (QED) is 0.622. The van der Waals surface area contributed by atoms with Crippen LogP contribution in [-0.4, -0.2) is 34.0 Å². The van der Waals surface area contributed by atoms with E-state index in [4.69, 9.17) is 5.11 Å². The van der Waals surface area contributed by atoms with Gasteiger partial charge in [0.25, 0.3) is 0 Å². The van der Waals surface area contributed by atoms with E-state index in [1.54, 1.807) is 39.0 Å². The van der Waals surface area contributed by atoms with Gasteiger partial charge in [-0.05, 0) is 0 Å². The first-order chi connectivity index (χ1) is 8.25. The van der Waals surface area contributed by atoms with Gasteiger partial charge in [-0.2, -0.15) is 0 Å². The van der Waals surface area contributed by atoms with Gasteiger partial charge in [-0.1, -0.05) is 51.1 Å². The third-order valence-corrected chi connectivity index (χ3v) is 3.00. The van der Waals surface area contributed by atoms with Gasteiger partial charge in [0.2, 0.25) is 5.78 Å². The summed E-state index contributed by atoms with van der Waals surface area (Å²) < 4.78 is 0. The monoisotopic (exact) mass is 250 g/mol. The molecule has 0 aliphatic heterocycles. The number of aliphatic hydroxyl groups is 2. The van der Waals surface area contributed by atoms with E-state index in [2.05, 4.69) is 0 Å². The predicted molar refractivity (Wildman–Crippen MR) is 67.3 cm³/mol. The molecular weight excluding hydrogens is 232 g/mol. The zero-order valence-corrected chi connectivity index (χ0v) is 10.8. The van der Waals surface area contributed by atoms with Crippen LogP contribution in [0, 0.1) is 5.41 Å². The van der Waals surface area contributed by atoms with Crippen molar-refractivity contribution >= 4 is 11.6 Å². The Kier molecular flexibility index (Phi) is 4.04. The van der Waals surface area contributed by atoms with Crippen molar-refractivity contribution < 1.29 is 19.8 Å². The van der Waals surface area contributed by atoms with E-state index in [0.717, 1.165) is 0 Å². The van der Waals surface area contributed by atoms with E-state index in [1.807, 2.05) is 0 Å². The standard InChI is InChI=1S/C14H18O4/c1-13(2,3)14(18,11(16)9-15)12(17)10-7-5-4-6-8-10/h4-8,15,18H,9H2,1-3H3. The second kappa shape index (κ2) is 5.00. The Hall–Kier alpha value is -1.52. The second-order valence-corrected chi connectivity index (χ2v) is 5.24. The largest absolute Gasteiger partial charge is 0.388 e. The van der Waals surface area contributed by atoms with Crippen LogP contribution in [-0.2, 0) is 4.79 Å². The summed E-state index contributed by atoms with van der Waals surface area (Å²) in [5.74, 6) is -1.57. The number of benzene rings is 1.